The van der Waals surface area contributed by atoms with Crippen molar-refractivity contribution in [3.63, 3.8) is 0 Å². The smallest absolute Gasteiger partial charge is 0.335 e. The van der Waals surface area contributed by atoms with E-state index in [0.29, 0.717) is 5.02 Å². The molecule has 7 heteroatoms. The number of aromatic amines is 1. The third kappa shape index (κ3) is 2.99. The molecule has 2 heterocycles. The molecule has 0 aliphatic carbocycles. The van der Waals surface area contributed by atoms with Crippen LogP contribution in [-0.2, 0) is 0 Å². The summed E-state index contributed by atoms with van der Waals surface area (Å²) in [6.45, 7) is 7.27. The first-order valence-electron chi connectivity index (χ1n) is 7.51. The van der Waals surface area contributed by atoms with Crippen LogP contribution < -0.4 is 9.80 Å². The average molecular weight is 335 g/mol. The zero-order valence-corrected chi connectivity index (χ0v) is 13.9. The first-order chi connectivity index (χ1) is 11.0. The van der Waals surface area contributed by atoms with Crippen molar-refractivity contribution in [3.8, 4) is 0 Å². The van der Waals surface area contributed by atoms with E-state index < -0.39 is 5.97 Å². The van der Waals surface area contributed by atoms with E-state index in [1.54, 1.807) is 12.1 Å². The van der Waals surface area contributed by atoms with Crippen molar-refractivity contribution in [2.75, 3.05) is 36.0 Å². The second-order valence-electron chi connectivity index (χ2n) is 5.73. The van der Waals surface area contributed by atoms with E-state index in [1.807, 2.05) is 13.8 Å². The fourth-order valence-electron chi connectivity index (χ4n) is 3.07. The molecule has 1 saturated heterocycles. The number of anilines is 2. The van der Waals surface area contributed by atoms with Crippen LogP contribution in [0.1, 0.15) is 21.7 Å². The average Bonchev–Trinajstić information content (AvgIpc) is 2.87. The maximum Gasteiger partial charge on any atom is 0.335 e. The number of rotatable bonds is 3. The second-order valence-corrected chi connectivity index (χ2v) is 6.14. The van der Waals surface area contributed by atoms with Crippen molar-refractivity contribution in [1.82, 2.24) is 10.2 Å². The summed E-state index contributed by atoms with van der Waals surface area (Å²) in [5.41, 5.74) is 4.28. The molecule has 1 fully saturated rings. The minimum Gasteiger partial charge on any atom is -0.478 e. The third-order valence-electron chi connectivity index (χ3n) is 4.22. The van der Waals surface area contributed by atoms with Crippen LogP contribution in [0.2, 0.25) is 5.02 Å². The minimum absolute atomic E-state index is 0.258. The molecule has 1 aliphatic rings. The molecule has 0 bridgehead atoms. The number of benzene rings is 1. The Bertz CT molecular complexity index is 716. The lowest BCUT2D eigenvalue weighted by molar-refractivity contribution is 0.0697. The summed E-state index contributed by atoms with van der Waals surface area (Å²) >= 11 is 6.26. The van der Waals surface area contributed by atoms with E-state index in [9.17, 15) is 4.79 Å². The molecule has 1 aromatic carbocycles. The van der Waals surface area contributed by atoms with Crippen LogP contribution in [0.15, 0.2) is 18.2 Å². The summed E-state index contributed by atoms with van der Waals surface area (Å²) < 4.78 is 0. The molecule has 1 aromatic heterocycles. The summed E-state index contributed by atoms with van der Waals surface area (Å²) in [5, 5.41) is 17.0. The van der Waals surface area contributed by atoms with Crippen LogP contribution in [0.5, 0.6) is 0 Å². The Morgan fingerprint density at radius 2 is 1.87 bits per heavy atom. The molecule has 0 atom stereocenters. The van der Waals surface area contributed by atoms with Gasteiger partial charge < -0.3 is 14.9 Å². The van der Waals surface area contributed by atoms with Gasteiger partial charge in [0, 0.05) is 26.2 Å². The zero-order chi connectivity index (χ0) is 16.6. The Balaban J connectivity index is 1.77. The molecular formula is C16H19ClN4O2. The standard InChI is InChI=1S/C16H19ClN4O2/c1-10-15(11(2)19-18-10)21-7-5-20(6-8-21)14-9-12(16(22)23)3-4-13(14)17/h3-4,9H,5-8H2,1-2H3,(H,18,19)(H,22,23). The summed E-state index contributed by atoms with van der Waals surface area (Å²) in [4.78, 5) is 15.6. The minimum atomic E-state index is -0.939. The number of H-pyrrole nitrogens is 1. The lowest BCUT2D eigenvalue weighted by Crippen LogP contribution is -2.47. The van der Waals surface area contributed by atoms with E-state index in [2.05, 4.69) is 20.0 Å². The predicted octanol–water partition coefficient (Wildman–Crippen LogP) is 2.70. The van der Waals surface area contributed by atoms with Crippen molar-refractivity contribution in [1.29, 1.82) is 0 Å². The highest BCUT2D eigenvalue weighted by molar-refractivity contribution is 6.33. The van der Waals surface area contributed by atoms with Crippen molar-refractivity contribution in [2.24, 2.45) is 0 Å². The number of halogens is 1. The molecule has 6 nitrogen and oxygen atoms in total. The molecule has 2 N–H and O–H groups in total. The van der Waals surface area contributed by atoms with E-state index in [0.717, 1.165) is 48.9 Å². The molecule has 1 aliphatic heterocycles. The van der Waals surface area contributed by atoms with Gasteiger partial charge in [-0.15, -0.1) is 0 Å². The lowest BCUT2D eigenvalue weighted by atomic mass is 10.1. The highest BCUT2D eigenvalue weighted by Gasteiger charge is 2.23. The van der Waals surface area contributed by atoms with Gasteiger partial charge in [-0.1, -0.05) is 11.6 Å². The monoisotopic (exact) mass is 334 g/mol. The molecule has 0 saturated carbocycles. The number of piperazine rings is 1. The van der Waals surface area contributed by atoms with Gasteiger partial charge in [0.05, 0.1) is 33.3 Å². The highest BCUT2D eigenvalue weighted by Crippen LogP contribution is 2.30. The fourth-order valence-corrected chi connectivity index (χ4v) is 3.31. The van der Waals surface area contributed by atoms with Gasteiger partial charge in [-0.3, -0.25) is 5.10 Å². The summed E-state index contributed by atoms with van der Waals surface area (Å²) in [7, 11) is 0. The Kier molecular flexibility index (Phi) is 4.17. The Morgan fingerprint density at radius 3 is 2.43 bits per heavy atom. The molecular weight excluding hydrogens is 316 g/mol. The predicted molar refractivity (Wildman–Crippen MR) is 90.9 cm³/mol. The Labute approximate surface area is 139 Å². The van der Waals surface area contributed by atoms with Gasteiger partial charge in [-0.25, -0.2) is 4.79 Å². The molecule has 23 heavy (non-hydrogen) atoms. The van der Waals surface area contributed by atoms with Crippen LogP contribution in [0, 0.1) is 13.8 Å². The van der Waals surface area contributed by atoms with Crippen molar-refractivity contribution >= 4 is 28.9 Å². The summed E-state index contributed by atoms with van der Waals surface area (Å²) in [6.07, 6.45) is 0. The number of nitrogens with zero attached hydrogens (tertiary/aromatic N) is 3. The number of aromatic carboxylic acids is 1. The van der Waals surface area contributed by atoms with Crippen LogP contribution in [-0.4, -0.2) is 47.5 Å². The van der Waals surface area contributed by atoms with Crippen LogP contribution >= 0.6 is 11.6 Å². The van der Waals surface area contributed by atoms with Gasteiger partial charge in [-0.2, -0.15) is 5.10 Å². The number of carboxylic acids is 1. The first-order valence-corrected chi connectivity index (χ1v) is 7.89. The highest BCUT2D eigenvalue weighted by atomic mass is 35.5. The lowest BCUT2D eigenvalue weighted by Gasteiger charge is -2.37. The molecule has 0 unspecified atom stereocenters. The van der Waals surface area contributed by atoms with Crippen molar-refractivity contribution in [3.05, 3.63) is 40.2 Å². The fraction of sp³-hybridized carbons (Fsp3) is 0.375. The topological polar surface area (TPSA) is 72.5 Å². The maximum atomic E-state index is 11.1. The van der Waals surface area contributed by atoms with Gasteiger partial charge in [0.25, 0.3) is 0 Å². The third-order valence-corrected chi connectivity index (χ3v) is 4.54. The molecule has 122 valence electrons. The van der Waals surface area contributed by atoms with Crippen molar-refractivity contribution in [2.45, 2.75) is 13.8 Å². The number of carboxylic acid groups (broad SMARTS) is 1. The number of aryl methyl sites for hydroxylation is 2. The van der Waals surface area contributed by atoms with Gasteiger partial charge in [0.15, 0.2) is 0 Å². The number of hydrogen-bond acceptors (Lipinski definition) is 4. The molecule has 2 aromatic rings. The van der Waals surface area contributed by atoms with Crippen LogP contribution in [0.3, 0.4) is 0 Å². The van der Waals surface area contributed by atoms with E-state index >= 15 is 0 Å². The number of carbonyl (C=O) groups is 1. The maximum absolute atomic E-state index is 11.1. The van der Waals surface area contributed by atoms with E-state index in [1.165, 1.54) is 6.07 Å². The van der Waals surface area contributed by atoms with E-state index in [4.69, 9.17) is 16.7 Å². The molecule has 0 radical (unpaired) electrons. The van der Waals surface area contributed by atoms with Gasteiger partial charge in [0.2, 0.25) is 0 Å². The number of nitrogens with one attached hydrogen (secondary N) is 1. The van der Waals surface area contributed by atoms with Gasteiger partial charge >= 0.3 is 5.97 Å². The quantitative estimate of drug-likeness (QED) is 0.903. The largest absolute Gasteiger partial charge is 0.478 e. The molecule has 3 rings (SSSR count). The van der Waals surface area contributed by atoms with E-state index in [-0.39, 0.29) is 5.56 Å². The number of hydrogen-bond donors (Lipinski definition) is 2. The normalized spacial score (nSPS) is 15.1. The SMILES string of the molecule is Cc1n[nH]c(C)c1N1CCN(c2cc(C(=O)O)ccc2Cl)CC1. The summed E-state index contributed by atoms with van der Waals surface area (Å²) in [6, 6.07) is 4.83. The molecule has 0 spiro atoms. The van der Waals surface area contributed by atoms with Crippen LogP contribution in [0.4, 0.5) is 11.4 Å². The molecule has 0 amide bonds. The Morgan fingerprint density at radius 1 is 1.22 bits per heavy atom. The second kappa shape index (κ2) is 6.12. The summed E-state index contributed by atoms with van der Waals surface area (Å²) in [5.74, 6) is -0.939. The van der Waals surface area contributed by atoms with Gasteiger partial charge in [-0.05, 0) is 32.0 Å². The van der Waals surface area contributed by atoms with Gasteiger partial charge in [0.1, 0.15) is 0 Å². The first kappa shape index (κ1) is 15.7. The van der Waals surface area contributed by atoms with Crippen LogP contribution in [0.25, 0.3) is 0 Å². The Hall–Kier alpha value is -2.21. The zero-order valence-electron chi connectivity index (χ0n) is 13.1. The number of aromatic nitrogens is 2. The van der Waals surface area contributed by atoms with Crippen molar-refractivity contribution < 1.29 is 9.90 Å².